The van der Waals surface area contributed by atoms with Crippen molar-refractivity contribution >= 4 is 11.6 Å². The van der Waals surface area contributed by atoms with Crippen molar-refractivity contribution < 1.29 is 9.84 Å². The Kier molecular flexibility index (Phi) is 4.78. The molecule has 0 unspecified atom stereocenters. The maximum absolute atomic E-state index is 10.5. The van der Waals surface area contributed by atoms with E-state index in [0.717, 1.165) is 34.8 Å². The number of benzene rings is 2. The molecule has 0 aliphatic carbocycles. The maximum Gasteiger partial charge on any atom is 0.165 e. The van der Waals surface area contributed by atoms with Gasteiger partial charge in [0, 0.05) is 48.2 Å². The summed E-state index contributed by atoms with van der Waals surface area (Å²) >= 11 is 5.97. The Hall–Kier alpha value is -2.56. The van der Waals surface area contributed by atoms with Crippen LogP contribution in [0.5, 0.6) is 11.5 Å². The summed E-state index contributed by atoms with van der Waals surface area (Å²) in [5.41, 5.74) is 4.09. The molecular weight excluding hydrogens is 348 g/mol. The molecule has 0 atom stereocenters. The lowest BCUT2D eigenvalue weighted by atomic mass is 10.0. The van der Waals surface area contributed by atoms with Crippen molar-refractivity contribution in [2.24, 2.45) is 0 Å². The average molecular weight is 367 g/mol. The van der Waals surface area contributed by atoms with Gasteiger partial charge in [0.25, 0.3) is 0 Å². The minimum absolute atomic E-state index is 0.176. The van der Waals surface area contributed by atoms with Crippen molar-refractivity contribution in [2.45, 2.75) is 13.1 Å². The fourth-order valence-electron chi connectivity index (χ4n) is 3.24. The van der Waals surface area contributed by atoms with E-state index >= 15 is 0 Å². The van der Waals surface area contributed by atoms with Crippen LogP contribution >= 0.6 is 11.6 Å². The summed E-state index contributed by atoms with van der Waals surface area (Å²) in [6, 6.07) is 15.6. The summed E-state index contributed by atoms with van der Waals surface area (Å²) < 4.78 is 5.83. The zero-order valence-corrected chi connectivity index (χ0v) is 15.0. The van der Waals surface area contributed by atoms with Crippen molar-refractivity contribution in [1.29, 1.82) is 0 Å². The lowest BCUT2D eigenvalue weighted by Crippen LogP contribution is -2.25. The molecule has 132 valence electrons. The van der Waals surface area contributed by atoms with Gasteiger partial charge in [-0.1, -0.05) is 29.8 Å². The van der Waals surface area contributed by atoms with E-state index in [2.05, 4.69) is 16.0 Å². The van der Waals surface area contributed by atoms with Gasteiger partial charge >= 0.3 is 0 Å². The zero-order valence-electron chi connectivity index (χ0n) is 14.2. The van der Waals surface area contributed by atoms with Gasteiger partial charge in [-0.3, -0.25) is 9.88 Å². The number of pyridine rings is 1. The standard InChI is InChI=1S/C21H19ClN2O2/c22-19-5-3-15(4-6-19)13-24-8-9-26-21-18(14-24)10-17(11-20(21)25)16-2-1-7-23-12-16/h1-7,10-12,25H,8-9,13-14H2. The van der Waals surface area contributed by atoms with Crippen molar-refractivity contribution in [2.75, 3.05) is 13.2 Å². The molecule has 1 aliphatic heterocycles. The number of ether oxygens (including phenoxy) is 1. The Balaban J connectivity index is 1.62. The van der Waals surface area contributed by atoms with Gasteiger partial charge in [0.15, 0.2) is 11.5 Å². The van der Waals surface area contributed by atoms with E-state index in [0.29, 0.717) is 18.9 Å². The van der Waals surface area contributed by atoms with Gasteiger partial charge in [-0.05, 0) is 41.5 Å². The molecule has 2 heterocycles. The monoisotopic (exact) mass is 366 g/mol. The number of rotatable bonds is 3. The van der Waals surface area contributed by atoms with E-state index in [1.54, 1.807) is 18.5 Å². The van der Waals surface area contributed by atoms with Crippen LogP contribution in [0.1, 0.15) is 11.1 Å². The van der Waals surface area contributed by atoms with Crippen LogP contribution < -0.4 is 4.74 Å². The number of nitrogens with zero attached hydrogens (tertiary/aromatic N) is 2. The van der Waals surface area contributed by atoms with Crippen molar-refractivity contribution in [3.63, 3.8) is 0 Å². The molecule has 0 spiro atoms. The summed E-state index contributed by atoms with van der Waals surface area (Å²) in [5.74, 6) is 0.756. The Labute approximate surface area is 157 Å². The number of fused-ring (bicyclic) bond motifs is 1. The van der Waals surface area contributed by atoms with Gasteiger partial charge in [0.05, 0.1) is 0 Å². The van der Waals surface area contributed by atoms with Crippen LogP contribution in [0.3, 0.4) is 0 Å². The first-order chi connectivity index (χ1) is 12.7. The van der Waals surface area contributed by atoms with Gasteiger partial charge in [-0.15, -0.1) is 0 Å². The van der Waals surface area contributed by atoms with Crippen LogP contribution in [0.2, 0.25) is 5.02 Å². The number of aromatic hydroxyl groups is 1. The predicted octanol–water partition coefficient (Wildman–Crippen LogP) is 4.50. The first kappa shape index (κ1) is 16.9. The molecule has 0 fully saturated rings. The van der Waals surface area contributed by atoms with Crippen molar-refractivity contribution in [3.05, 3.63) is 77.1 Å². The van der Waals surface area contributed by atoms with Gasteiger partial charge < -0.3 is 9.84 Å². The Morgan fingerprint density at radius 2 is 1.96 bits per heavy atom. The topological polar surface area (TPSA) is 45.6 Å². The summed E-state index contributed by atoms with van der Waals surface area (Å²) in [5, 5.41) is 11.2. The SMILES string of the molecule is Oc1cc(-c2cccnc2)cc2c1OCCN(Cc1ccc(Cl)cc1)C2. The highest BCUT2D eigenvalue weighted by molar-refractivity contribution is 6.30. The molecule has 2 aromatic carbocycles. The number of phenols is 1. The molecule has 5 heteroatoms. The lowest BCUT2D eigenvalue weighted by molar-refractivity contribution is 0.217. The minimum atomic E-state index is 0.176. The summed E-state index contributed by atoms with van der Waals surface area (Å²) in [7, 11) is 0. The lowest BCUT2D eigenvalue weighted by Gasteiger charge is -2.19. The van der Waals surface area contributed by atoms with Crippen LogP contribution in [0.15, 0.2) is 60.9 Å². The average Bonchev–Trinajstić information content (AvgIpc) is 2.86. The number of aromatic nitrogens is 1. The number of phenolic OH excluding ortho intramolecular Hbond substituents is 1. The number of hydrogen-bond acceptors (Lipinski definition) is 4. The largest absolute Gasteiger partial charge is 0.504 e. The van der Waals surface area contributed by atoms with Gasteiger partial charge in [-0.2, -0.15) is 0 Å². The third-order valence-corrected chi connectivity index (χ3v) is 4.76. The first-order valence-corrected chi connectivity index (χ1v) is 8.93. The molecular formula is C21H19ClN2O2. The third-order valence-electron chi connectivity index (χ3n) is 4.51. The third kappa shape index (κ3) is 3.66. The highest BCUT2D eigenvalue weighted by Gasteiger charge is 2.20. The number of hydrogen-bond donors (Lipinski definition) is 1. The predicted molar refractivity (Wildman–Crippen MR) is 102 cm³/mol. The van der Waals surface area contributed by atoms with E-state index in [9.17, 15) is 5.11 Å². The molecule has 26 heavy (non-hydrogen) atoms. The molecule has 0 saturated carbocycles. The molecule has 4 rings (SSSR count). The Morgan fingerprint density at radius 1 is 1.12 bits per heavy atom. The smallest absolute Gasteiger partial charge is 0.165 e. The molecule has 1 aliphatic rings. The Bertz CT molecular complexity index is 898. The molecule has 0 radical (unpaired) electrons. The van der Waals surface area contributed by atoms with E-state index in [4.69, 9.17) is 16.3 Å². The minimum Gasteiger partial charge on any atom is -0.504 e. The van der Waals surface area contributed by atoms with Crippen molar-refractivity contribution in [1.82, 2.24) is 9.88 Å². The summed E-state index contributed by atoms with van der Waals surface area (Å²) in [6.45, 7) is 2.84. The van der Waals surface area contributed by atoms with Gasteiger partial charge in [0.2, 0.25) is 0 Å². The quantitative estimate of drug-likeness (QED) is 0.741. The molecule has 1 N–H and O–H groups in total. The van der Waals surface area contributed by atoms with E-state index in [1.807, 2.05) is 36.4 Å². The van der Waals surface area contributed by atoms with Crippen LogP contribution in [0.25, 0.3) is 11.1 Å². The maximum atomic E-state index is 10.5. The van der Waals surface area contributed by atoms with Crippen LogP contribution in [-0.2, 0) is 13.1 Å². The van der Waals surface area contributed by atoms with E-state index in [1.165, 1.54) is 5.56 Å². The molecule has 3 aromatic rings. The Morgan fingerprint density at radius 3 is 2.73 bits per heavy atom. The van der Waals surface area contributed by atoms with Gasteiger partial charge in [0.1, 0.15) is 6.61 Å². The second-order valence-electron chi connectivity index (χ2n) is 6.41. The summed E-state index contributed by atoms with van der Waals surface area (Å²) in [6.07, 6.45) is 3.54. The van der Waals surface area contributed by atoms with E-state index in [-0.39, 0.29) is 5.75 Å². The van der Waals surface area contributed by atoms with Gasteiger partial charge in [-0.25, -0.2) is 0 Å². The fraction of sp³-hybridized carbons (Fsp3) is 0.190. The zero-order chi connectivity index (χ0) is 17.9. The second-order valence-corrected chi connectivity index (χ2v) is 6.85. The van der Waals surface area contributed by atoms with E-state index < -0.39 is 0 Å². The normalized spacial score (nSPS) is 14.3. The van der Waals surface area contributed by atoms with Crippen LogP contribution in [0, 0.1) is 0 Å². The molecule has 1 aromatic heterocycles. The second kappa shape index (κ2) is 7.36. The molecule has 0 amide bonds. The van der Waals surface area contributed by atoms with Crippen LogP contribution in [0.4, 0.5) is 0 Å². The fourth-order valence-corrected chi connectivity index (χ4v) is 3.36. The highest BCUT2D eigenvalue weighted by Crippen LogP contribution is 2.37. The highest BCUT2D eigenvalue weighted by atomic mass is 35.5. The molecule has 0 saturated heterocycles. The first-order valence-electron chi connectivity index (χ1n) is 8.55. The van der Waals surface area contributed by atoms with Crippen LogP contribution in [-0.4, -0.2) is 28.1 Å². The molecule has 0 bridgehead atoms. The molecule has 4 nitrogen and oxygen atoms in total. The summed E-state index contributed by atoms with van der Waals surface area (Å²) in [4.78, 5) is 6.47. The number of halogens is 1. The van der Waals surface area contributed by atoms with Crippen molar-refractivity contribution in [3.8, 4) is 22.6 Å².